The van der Waals surface area contributed by atoms with Crippen LogP contribution in [-0.2, 0) is 4.79 Å². The lowest BCUT2D eigenvalue weighted by molar-refractivity contribution is -0.192. The van der Waals surface area contributed by atoms with Gasteiger partial charge in [-0.05, 0) is 32.4 Å². The molecule has 2 saturated heterocycles. The predicted octanol–water partition coefficient (Wildman–Crippen LogP) is 0.776. The van der Waals surface area contributed by atoms with Crippen molar-refractivity contribution in [2.75, 3.05) is 26.2 Å². The van der Waals surface area contributed by atoms with E-state index in [-0.39, 0.29) is 12.6 Å². The minimum atomic E-state index is -5.08. The van der Waals surface area contributed by atoms with Crippen molar-refractivity contribution in [3.8, 4) is 0 Å². The van der Waals surface area contributed by atoms with Crippen LogP contribution in [-0.4, -0.2) is 71.8 Å². The Morgan fingerprint density at radius 1 is 1.29 bits per heavy atom. The minimum absolute atomic E-state index is 0.0631. The van der Waals surface area contributed by atoms with E-state index in [4.69, 9.17) is 15.0 Å². The highest BCUT2D eigenvalue weighted by atomic mass is 19.4. The van der Waals surface area contributed by atoms with Gasteiger partial charge in [0, 0.05) is 18.6 Å². The van der Waals surface area contributed by atoms with Gasteiger partial charge < -0.3 is 15.5 Å². The average molecular weight is 316 g/mol. The molecule has 0 aliphatic carbocycles. The molecule has 0 aromatic carbocycles. The standard InChI is InChI=1S/C10H19FN2O.C2HF3O2/c11-8-5-10(7-14)13(6-8)9-1-3-12-4-2-9;3-2(4,5)1(6)7/h8-10,12,14H,1-7H2;(H,6,7)/t8-,10-;/m1./s1. The molecule has 0 spiro atoms. The van der Waals surface area contributed by atoms with E-state index < -0.39 is 18.3 Å². The monoisotopic (exact) mass is 316 g/mol. The summed E-state index contributed by atoms with van der Waals surface area (Å²) in [4.78, 5) is 11.1. The molecule has 9 heteroatoms. The molecule has 2 fully saturated rings. The lowest BCUT2D eigenvalue weighted by Gasteiger charge is -2.34. The van der Waals surface area contributed by atoms with Crippen LogP contribution in [0.2, 0.25) is 0 Å². The zero-order valence-corrected chi connectivity index (χ0v) is 11.4. The molecule has 0 amide bonds. The maximum Gasteiger partial charge on any atom is 0.490 e. The topological polar surface area (TPSA) is 72.8 Å². The molecule has 0 bridgehead atoms. The first-order chi connectivity index (χ1) is 9.75. The van der Waals surface area contributed by atoms with Crippen LogP contribution in [0.3, 0.4) is 0 Å². The Balaban J connectivity index is 0.000000270. The second-order valence-corrected chi connectivity index (χ2v) is 5.15. The van der Waals surface area contributed by atoms with Gasteiger partial charge in [0.1, 0.15) is 6.17 Å². The molecule has 0 radical (unpaired) electrons. The van der Waals surface area contributed by atoms with Crippen molar-refractivity contribution in [3.63, 3.8) is 0 Å². The van der Waals surface area contributed by atoms with Crippen LogP contribution in [0.25, 0.3) is 0 Å². The van der Waals surface area contributed by atoms with E-state index in [9.17, 15) is 17.6 Å². The number of likely N-dealkylation sites (tertiary alicyclic amines) is 1. The van der Waals surface area contributed by atoms with Gasteiger partial charge in [-0.2, -0.15) is 13.2 Å². The molecular formula is C12H20F4N2O3. The summed E-state index contributed by atoms with van der Waals surface area (Å²) >= 11 is 0. The number of aliphatic hydroxyl groups excluding tert-OH is 1. The number of alkyl halides is 4. The lowest BCUT2D eigenvalue weighted by Crippen LogP contribution is -2.46. The summed E-state index contributed by atoms with van der Waals surface area (Å²) in [5.74, 6) is -2.76. The maximum atomic E-state index is 13.2. The molecule has 0 saturated carbocycles. The van der Waals surface area contributed by atoms with Crippen molar-refractivity contribution >= 4 is 5.97 Å². The van der Waals surface area contributed by atoms with Crippen molar-refractivity contribution < 1.29 is 32.6 Å². The Morgan fingerprint density at radius 2 is 1.81 bits per heavy atom. The fourth-order valence-electron chi connectivity index (χ4n) is 2.65. The summed E-state index contributed by atoms with van der Waals surface area (Å²) in [5, 5.41) is 19.6. The first-order valence-corrected chi connectivity index (χ1v) is 6.77. The van der Waals surface area contributed by atoms with Crippen molar-refractivity contribution in [2.24, 2.45) is 0 Å². The minimum Gasteiger partial charge on any atom is -0.475 e. The van der Waals surface area contributed by atoms with E-state index >= 15 is 0 Å². The molecule has 0 aromatic rings. The second-order valence-electron chi connectivity index (χ2n) is 5.15. The van der Waals surface area contributed by atoms with E-state index in [2.05, 4.69) is 10.2 Å². The summed E-state index contributed by atoms with van der Waals surface area (Å²) in [6.45, 7) is 2.67. The third-order valence-corrected chi connectivity index (χ3v) is 3.64. The van der Waals surface area contributed by atoms with Crippen molar-refractivity contribution in [3.05, 3.63) is 0 Å². The molecule has 2 aliphatic rings. The highest BCUT2D eigenvalue weighted by Gasteiger charge is 2.38. The van der Waals surface area contributed by atoms with Crippen LogP contribution >= 0.6 is 0 Å². The number of nitrogens with zero attached hydrogens (tertiary/aromatic N) is 1. The number of rotatable bonds is 2. The van der Waals surface area contributed by atoms with Crippen molar-refractivity contribution in [1.29, 1.82) is 0 Å². The van der Waals surface area contributed by atoms with Gasteiger partial charge in [-0.3, -0.25) is 4.90 Å². The number of halogens is 4. The third kappa shape index (κ3) is 5.76. The number of piperidine rings is 1. The Bertz CT molecular complexity index is 335. The molecule has 3 N–H and O–H groups in total. The largest absolute Gasteiger partial charge is 0.490 e. The maximum absolute atomic E-state index is 13.2. The number of carboxylic acids is 1. The number of aliphatic hydroxyl groups is 1. The Kier molecular flexibility index (Phi) is 6.82. The van der Waals surface area contributed by atoms with Gasteiger partial charge in [-0.15, -0.1) is 0 Å². The number of hydrogen-bond donors (Lipinski definition) is 3. The normalized spacial score (nSPS) is 28.0. The SMILES string of the molecule is O=C(O)C(F)(F)F.OC[C@H]1C[C@@H](F)CN1C1CCNCC1. The highest BCUT2D eigenvalue weighted by Crippen LogP contribution is 2.25. The van der Waals surface area contributed by atoms with Gasteiger partial charge in [-0.1, -0.05) is 0 Å². The first kappa shape index (κ1) is 18.1. The number of carboxylic acid groups (broad SMARTS) is 1. The number of hydrogen-bond acceptors (Lipinski definition) is 4. The first-order valence-electron chi connectivity index (χ1n) is 6.77. The summed E-state index contributed by atoms with van der Waals surface area (Å²) < 4.78 is 44.9. The van der Waals surface area contributed by atoms with Crippen LogP contribution in [0.4, 0.5) is 17.6 Å². The Labute approximate surface area is 119 Å². The summed E-state index contributed by atoms with van der Waals surface area (Å²) in [7, 11) is 0. The molecule has 5 nitrogen and oxygen atoms in total. The van der Waals surface area contributed by atoms with Crippen LogP contribution in [0.5, 0.6) is 0 Å². The Morgan fingerprint density at radius 3 is 2.24 bits per heavy atom. The zero-order valence-electron chi connectivity index (χ0n) is 11.4. The van der Waals surface area contributed by atoms with Gasteiger partial charge in [0.25, 0.3) is 0 Å². The number of nitrogens with one attached hydrogen (secondary N) is 1. The quantitative estimate of drug-likeness (QED) is 0.657. The van der Waals surface area contributed by atoms with E-state index in [1.54, 1.807) is 0 Å². The van der Waals surface area contributed by atoms with Gasteiger partial charge in [0.05, 0.1) is 6.61 Å². The van der Waals surface area contributed by atoms with Gasteiger partial charge in [0.15, 0.2) is 0 Å². The number of carbonyl (C=O) groups is 1. The molecule has 2 heterocycles. The van der Waals surface area contributed by atoms with Crippen molar-refractivity contribution in [2.45, 2.75) is 43.7 Å². The van der Waals surface area contributed by atoms with E-state index in [1.807, 2.05) is 0 Å². The van der Waals surface area contributed by atoms with Gasteiger partial charge in [-0.25, -0.2) is 9.18 Å². The molecule has 0 unspecified atom stereocenters. The molecule has 2 atom stereocenters. The summed E-state index contributed by atoms with van der Waals surface area (Å²) in [6.07, 6.45) is -3.13. The van der Waals surface area contributed by atoms with Crippen LogP contribution in [0.1, 0.15) is 19.3 Å². The summed E-state index contributed by atoms with van der Waals surface area (Å²) in [6, 6.07) is 0.544. The lowest BCUT2D eigenvalue weighted by atomic mass is 10.0. The van der Waals surface area contributed by atoms with E-state index in [0.717, 1.165) is 25.9 Å². The van der Waals surface area contributed by atoms with Crippen LogP contribution < -0.4 is 5.32 Å². The van der Waals surface area contributed by atoms with Crippen LogP contribution in [0.15, 0.2) is 0 Å². The predicted molar refractivity (Wildman–Crippen MR) is 66.7 cm³/mol. The van der Waals surface area contributed by atoms with Gasteiger partial charge >= 0.3 is 12.1 Å². The Hall–Kier alpha value is -0.930. The van der Waals surface area contributed by atoms with E-state index in [0.29, 0.717) is 19.0 Å². The fourth-order valence-corrected chi connectivity index (χ4v) is 2.65. The van der Waals surface area contributed by atoms with Gasteiger partial charge in [0.2, 0.25) is 0 Å². The smallest absolute Gasteiger partial charge is 0.475 e. The zero-order chi connectivity index (χ0) is 16.0. The fraction of sp³-hybridized carbons (Fsp3) is 0.917. The average Bonchev–Trinajstić information content (AvgIpc) is 2.80. The van der Waals surface area contributed by atoms with Crippen LogP contribution in [0, 0.1) is 0 Å². The molecule has 2 aliphatic heterocycles. The summed E-state index contributed by atoms with van der Waals surface area (Å²) in [5.41, 5.74) is 0. The molecule has 124 valence electrons. The molecule has 0 aromatic heterocycles. The highest BCUT2D eigenvalue weighted by molar-refractivity contribution is 5.73. The number of aliphatic carboxylic acids is 1. The second kappa shape index (κ2) is 7.90. The molecule has 2 rings (SSSR count). The molecular weight excluding hydrogens is 296 g/mol. The van der Waals surface area contributed by atoms with Crippen molar-refractivity contribution in [1.82, 2.24) is 10.2 Å². The molecule has 21 heavy (non-hydrogen) atoms. The third-order valence-electron chi connectivity index (χ3n) is 3.64. The van der Waals surface area contributed by atoms with E-state index in [1.165, 1.54) is 0 Å².